The van der Waals surface area contributed by atoms with Crippen molar-refractivity contribution in [1.82, 2.24) is 9.97 Å². The lowest BCUT2D eigenvalue weighted by Crippen LogP contribution is -2.13. The first kappa shape index (κ1) is 13.3. The van der Waals surface area contributed by atoms with Crippen molar-refractivity contribution in [3.63, 3.8) is 0 Å². The van der Waals surface area contributed by atoms with Crippen molar-refractivity contribution in [1.29, 1.82) is 0 Å². The van der Waals surface area contributed by atoms with Crippen molar-refractivity contribution in [3.05, 3.63) is 9.75 Å². The molecule has 0 unspecified atom stereocenters. The first-order chi connectivity index (χ1) is 9.73. The Kier molecular flexibility index (Phi) is 3.58. The predicted octanol–water partition coefficient (Wildman–Crippen LogP) is 3.07. The van der Waals surface area contributed by atoms with Gasteiger partial charge < -0.3 is 14.8 Å². The van der Waals surface area contributed by atoms with Gasteiger partial charge in [0.15, 0.2) is 5.82 Å². The molecule has 0 atom stereocenters. The summed E-state index contributed by atoms with van der Waals surface area (Å²) in [5.74, 6) is 2.40. The Morgan fingerprint density at radius 3 is 2.50 bits per heavy atom. The maximum Gasteiger partial charge on any atom is 0.275 e. The Hall–Kier alpha value is -1.67. The minimum Gasteiger partial charge on any atom is -0.473 e. The van der Waals surface area contributed by atoms with Crippen LogP contribution in [0.3, 0.4) is 0 Å². The molecule has 0 amide bonds. The van der Waals surface area contributed by atoms with Crippen LogP contribution in [0.2, 0.25) is 0 Å². The zero-order chi connectivity index (χ0) is 14.1. The first-order valence-corrected chi connectivity index (χ1v) is 7.78. The molecule has 0 spiro atoms. The molecule has 2 aromatic rings. The van der Waals surface area contributed by atoms with E-state index in [4.69, 9.17) is 9.47 Å². The SMILES string of the molecule is CC/C1=N/c2nc(OC)sc2Cc2sc(OC)nc2N1. The summed E-state index contributed by atoms with van der Waals surface area (Å²) in [4.78, 5) is 15.6. The molecule has 3 rings (SSSR count). The highest BCUT2D eigenvalue weighted by Gasteiger charge is 2.21. The molecule has 0 fully saturated rings. The second kappa shape index (κ2) is 5.37. The fourth-order valence-electron chi connectivity index (χ4n) is 1.85. The molecule has 3 heterocycles. The monoisotopic (exact) mass is 310 g/mol. The van der Waals surface area contributed by atoms with Gasteiger partial charge in [-0.05, 0) is 0 Å². The third-order valence-corrected chi connectivity index (χ3v) is 4.87. The summed E-state index contributed by atoms with van der Waals surface area (Å²) in [5.41, 5.74) is 0. The van der Waals surface area contributed by atoms with Crippen molar-refractivity contribution in [2.75, 3.05) is 19.5 Å². The van der Waals surface area contributed by atoms with Gasteiger partial charge in [0, 0.05) is 12.8 Å². The van der Waals surface area contributed by atoms with E-state index < -0.39 is 0 Å². The number of fused-ring (bicyclic) bond motifs is 2. The van der Waals surface area contributed by atoms with Gasteiger partial charge in [-0.1, -0.05) is 29.6 Å². The highest BCUT2D eigenvalue weighted by Crippen LogP contribution is 2.39. The maximum absolute atomic E-state index is 5.22. The van der Waals surface area contributed by atoms with Gasteiger partial charge in [0.1, 0.15) is 11.7 Å². The number of aromatic nitrogens is 2. The van der Waals surface area contributed by atoms with Crippen LogP contribution in [0.15, 0.2) is 4.99 Å². The van der Waals surface area contributed by atoms with Gasteiger partial charge in [-0.2, -0.15) is 9.97 Å². The molecule has 20 heavy (non-hydrogen) atoms. The Bertz CT molecular complexity index is 662. The summed E-state index contributed by atoms with van der Waals surface area (Å²) in [5, 5.41) is 4.55. The van der Waals surface area contributed by atoms with E-state index in [1.54, 1.807) is 14.2 Å². The number of hydrogen-bond donors (Lipinski definition) is 1. The van der Waals surface area contributed by atoms with Crippen molar-refractivity contribution in [2.45, 2.75) is 19.8 Å². The van der Waals surface area contributed by atoms with Crippen LogP contribution in [0.1, 0.15) is 23.1 Å². The number of rotatable bonds is 3. The molecule has 0 aliphatic carbocycles. The van der Waals surface area contributed by atoms with Gasteiger partial charge in [0.2, 0.25) is 0 Å². The second-order valence-corrected chi connectivity index (χ2v) is 6.19. The molecule has 0 aromatic carbocycles. The van der Waals surface area contributed by atoms with E-state index in [0.717, 1.165) is 40.1 Å². The van der Waals surface area contributed by atoms with Crippen LogP contribution in [0.4, 0.5) is 11.6 Å². The smallest absolute Gasteiger partial charge is 0.275 e. The van der Waals surface area contributed by atoms with Gasteiger partial charge >= 0.3 is 0 Å². The molecular weight excluding hydrogens is 296 g/mol. The van der Waals surface area contributed by atoms with E-state index in [2.05, 4.69) is 20.3 Å². The van der Waals surface area contributed by atoms with Gasteiger partial charge in [-0.15, -0.1) is 0 Å². The molecule has 1 N–H and O–H groups in total. The Morgan fingerprint density at radius 2 is 1.80 bits per heavy atom. The van der Waals surface area contributed by atoms with Crippen LogP contribution in [0, 0.1) is 0 Å². The number of methoxy groups -OCH3 is 2. The van der Waals surface area contributed by atoms with E-state index in [1.807, 2.05) is 6.92 Å². The Labute approximate surface area is 124 Å². The lowest BCUT2D eigenvalue weighted by Gasteiger charge is -2.10. The highest BCUT2D eigenvalue weighted by molar-refractivity contribution is 7.15. The number of nitrogens with one attached hydrogen (secondary N) is 1. The average Bonchev–Trinajstić information content (AvgIpc) is 3.01. The van der Waals surface area contributed by atoms with Crippen LogP contribution in [-0.2, 0) is 6.42 Å². The summed E-state index contributed by atoms with van der Waals surface area (Å²) in [6, 6.07) is 0. The van der Waals surface area contributed by atoms with E-state index in [-0.39, 0.29) is 0 Å². The van der Waals surface area contributed by atoms with Gasteiger partial charge in [0.25, 0.3) is 10.4 Å². The summed E-state index contributed by atoms with van der Waals surface area (Å²) in [6.45, 7) is 2.04. The largest absolute Gasteiger partial charge is 0.473 e. The number of aliphatic imine (C=N–C) groups is 1. The molecular formula is C12H14N4O2S2. The fraction of sp³-hybridized carbons (Fsp3) is 0.417. The van der Waals surface area contributed by atoms with Gasteiger partial charge in [-0.3, -0.25) is 0 Å². The maximum atomic E-state index is 5.22. The number of ether oxygens (including phenoxy) is 2. The molecule has 0 saturated heterocycles. The van der Waals surface area contributed by atoms with Crippen LogP contribution >= 0.6 is 22.7 Å². The van der Waals surface area contributed by atoms with Crippen molar-refractivity contribution in [3.8, 4) is 10.4 Å². The van der Waals surface area contributed by atoms with Crippen molar-refractivity contribution >= 4 is 40.1 Å². The second-order valence-electron chi connectivity index (χ2n) is 4.10. The van der Waals surface area contributed by atoms with E-state index >= 15 is 0 Å². The fourth-order valence-corrected chi connectivity index (χ4v) is 3.61. The van der Waals surface area contributed by atoms with E-state index in [9.17, 15) is 0 Å². The zero-order valence-corrected chi connectivity index (χ0v) is 13.0. The number of thiazole rings is 2. The lowest BCUT2D eigenvalue weighted by molar-refractivity contribution is 0.412. The normalized spacial score (nSPS) is 16.1. The van der Waals surface area contributed by atoms with Gasteiger partial charge in [0.05, 0.1) is 24.0 Å². The third-order valence-electron chi connectivity index (χ3n) is 2.84. The number of hydrogen-bond acceptors (Lipinski definition) is 8. The molecule has 8 heteroatoms. The first-order valence-electron chi connectivity index (χ1n) is 6.15. The minimum atomic E-state index is 0.633. The molecule has 6 nitrogen and oxygen atoms in total. The molecule has 1 aliphatic rings. The van der Waals surface area contributed by atoms with E-state index in [1.165, 1.54) is 22.7 Å². The quantitative estimate of drug-likeness (QED) is 0.943. The molecule has 0 bridgehead atoms. The Balaban J connectivity index is 2.09. The van der Waals surface area contributed by atoms with Crippen LogP contribution < -0.4 is 14.8 Å². The van der Waals surface area contributed by atoms with Gasteiger partial charge in [-0.25, -0.2) is 4.99 Å². The number of amidine groups is 1. The molecule has 0 radical (unpaired) electrons. The third kappa shape index (κ3) is 2.36. The summed E-state index contributed by atoms with van der Waals surface area (Å²) in [7, 11) is 3.25. The summed E-state index contributed by atoms with van der Waals surface area (Å²) in [6.07, 6.45) is 1.51. The average molecular weight is 310 g/mol. The van der Waals surface area contributed by atoms with Crippen molar-refractivity contribution < 1.29 is 9.47 Å². The Morgan fingerprint density at radius 1 is 1.10 bits per heavy atom. The van der Waals surface area contributed by atoms with Crippen LogP contribution in [0.5, 0.6) is 10.4 Å². The molecule has 106 valence electrons. The minimum absolute atomic E-state index is 0.633. The summed E-state index contributed by atoms with van der Waals surface area (Å²) < 4.78 is 10.4. The lowest BCUT2D eigenvalue weighted by atomic mass is 10.2. The van der Waals surface area contributed by atoms with Crippen molar-refractivity contribution in [2.24, 2.45) is 4.99 Å². The standard InChI is InChI=1S/C12H14N4O2S2/c1-4-8-13-9-6(19-11(15-9)17-2)5-7-10(14-8)16-12(18-3)20-7/h4-5H2,1-3H3,(H,13,14). The number of nitrogens with zero attached hydrogens (tertiary/aromatic N) is 3. The predicted molar refractivity (Wildman–Crippen MR) is 81.1 cm³/mol. The number of anilines is 1. The highest BCUT2D eigenvalue weighted by atomic mass is 32.1. The molecule has 1 aliphatic heterocycles. The zero-order valence-electron chi connectivity index (χ0n) is 11.4. The topological polar surface area (TPSA) is 68.6 Å². The van der Waals surface area contributed by atoms with Crippen LogP contribution in [-0.4, -0.2) is 30.0 Å². The van der Waals surface area contributed by atoms with Crippen LogP contribution in [0.25, 0.3) is 0 Å². The molecule has 2 aromatic heterocycles. The molecule has 0 saturated carbocycles. The van der Waals surface area contributed by atoms with E-state index in [0.29, 0.717) is 10.4 Å². The summed E-state index contributed by atoms with van der Waals surface area (Å²) >= 11 is 3.06.